The number of halogens is 1. The van der Waals surface area contributed by atoms with Gasteiger partial charge in [-0.1, -0.05) is 70.2 Å². The standard InChI is InChI=1S/C24H19BrN4O3S/c25-18-12-10-17(11-13-18)22(31)28-27-21(30)15-33-24-26-20-9-5-4-8-19(20)23(32)29(24)14-16-6-2-1-3-7-16/h1-13H,14-15H2,(H,27,30)(H,28,31). The average Bonchev–Trinajstić information content (AvgIpc) is 2.84. The van der Waals surface area contributed by atoms with Crippen LogP contribution in [-0.2, 0) is 11.3 Å². The first-order chi connectivity index (χ1) is 16.0. The Morgan fingerprint density at radius 1 is 0.909 bits per heavy atom. The van der Waals surface area contributed by atoms with E-state index in [1.807, 2.05) is 36.4 Å². The van der Waals surface area contributed by atoms with Crippen molar-refractivity contribution in [3.63, 3.8) is 0 Å². The Balaban J connectivity index is 1.48. The summed E-state index contributed by atoms with van der Waals surface area (Å²) in [5.74, 6) is -0.870. The molecule has 7 nitrogen and oxygen atoms in total. The molecular weight excluding hydrogens is 504 g/mol. The zero-order valence-electron chi connectivity index (χ0n) is 17.3. The number of rotatable bonds is 6. The lowest BCUT2D eigenvalue weighted by Gasteiger charge is -2.13. The van der Waals surface area contributed by atoms with Gasteiger partial charge in [0.1, 0.15) is 0 Å². The Hall–Kier alpha value is -3.43. The fourth-order valence-electron chi connectivity index (χ4n) is 3.13. The van der Waals surface area contributed by atoms with Crippen LogP contribution in [0.5, 0.6) is 0 Å². The van der Waals surface area contributed by atoms with Crippen LogP contribution in [0.15, 0.2) is 93.3 Å². The highest BCUT2D eigenvalue weighted by atomic mass is 79.9. The van der Waals surface area contributed by atoms with E-state index < -0.39 is 11.8 Å². The van der Waals surface area contributed by atoms with Crippen molar-refractivity contribution < 1.29 is 9.59 Å². The largest absolute Gasteiger partial charge is 0.283 e. The Kier molecular flexibility index (Phi) is 7.21. The lowest BCUT2D eigenvalue weighted by Crippen LogP contribution is -2.42. The molecule has 33 heavy (non-hydrogen) atoms. The number of hydrogen-bond acceptors (Lipinski definition) is 5. The number of carbonyl (C=O) groups excluding carboxylic acids is 2. The molecular formula is C24H19BrN4O3S. The molecule has 1 aromatic heterocycles. The van der Waals surface area contributed by atoms with Crippen LogP contribution in [0.3, 0.4) is 0 Å². The van der Waals surface area contributed by atoms with Crippen molar-refractivity contribution in [1.29, 1.82) is 0 Å². The maximum Gasteiger partial charge on any atom is 0.269 e. The lowest BCUT2D eigenvalue weighted by molar-refractivity contribution is -0.119. The van der Waals surface area contributed by atoms with Crippen molar-refractivity contribution >= 4 is 50.4 Å². The van der Waals surface area contributed by atoms with Crippen molar-refractivity contribution in [3.05, 3.63) is 105 Å². The van der Waals surface area contributed by atoms with E-state index >= 15 is 0 Å². The molecule has 0 bridgehead atoms. The minimum Gasteiger partial charge on any atom is -0.283 e. The predicted octanol–water partition coefficient (Wildman–Crippen LogP) is 3.76. The predicted molar refractivity (Wildman–Crippen MR) is 132 cm³/mol. The zero-order chi connectivity index (χ0) is 23.2. The summed E-state index contributed by atoms with van der Waals surface area (Å²) in [4.78, 5) is 42.3. The van der Waals surface area contributed by atoms with Gasteiger partial charge in [-0.05, 0) is 42.0 Å². The third-order valence-corrected chi connectivity index (χ3v) is 6.27. The van der Waals surface area contributed by atoms with Crippen molar-refractivity contribution in [1.82, 2.24) is 20.4 Å². The lowest BCUT2D eigenvalue weighted by atomic mass is 10.2. The summed E-state index contributed by atoms with van der Waals surface area (Å²) in [7, 11) is 0. The molecule has 0 saturated carbocycles. The third kappa shape index (κ3) is 5.68. The molecule has 0 saturated heterocycles. The molecule has 166 valence electrons. The Morgan fingerprint density at radius 2 is 1.61 bits per heavy atom. The quantitative estimate of drug-likeness (QED) is 0.228. The van der Waals surface area contributed by atoms with Gasteiger partial charge in [-0.15, -0.1) is 0 Å². The van der Waals surface area contributed by atoms with Crippen molar-refractivity contribution in [3.8, 4) is 0 Å². The van der Waals surface area contributed by atoms with Crippen LogP contribution in [-0.4, -0.2) is 27.1 Å². The Bertz CT molecular complexity index is 1360. The van der Waals surface area contributed by atoms with E-state index in [4.69, 9.17) is 0 Å². The second kappa shape index (κ2) is 10.5. The maximum absolute atomic E-state index is 13.1. The smallest absolute Gasteiger partial charge is 0.269 e. The molecule has 9 heteroatoms. The number of benzene rings is 3. The van der Waals surface area contributed by atoms with Crippen LogP contribution in [0.4, 0.5) is 0 Å². The number of carbonyl (C=O) groups is 2. The highest BCUT2D eigenvalue weighted by molar-refractivity contribution is 9.10. The summed E-state index contributed by atoms with van der Waals surface area (Å²) in [6.07, 6.45) is 0. The summed E-state index contributed by atoms with van der Waals surface area (Å²) < 4.78 is 2.42. The zero-order valence-corrected chi connectivity index (χ0v) is 19.7. The summed E-state index contributed by atoms with van der Waals surface area (Å²) in [5.41, 5.74) is 6.56. The van der Waals surface area contributed by atoms with Crippen LogP contribution in [0.1, 0.15) is 15.9 Å². The second-order valence-corrected chi connectivity index (χ2v) is 8.94. The normalized spacial score (nSPS) is 10.7. The highest BCUT2D eigenvalue weighted by Gasteiger charge is 2.14. The molecule has 0 atom stereocenters. The minimum atomic E-state index is -0.425. The van der Waals surface area contributed by atoms with Crippen molar-refractivity contribution in [2.45, 2.75) is 11.7 Å². The van der Waals surface area contributed by atoms with E-state index in [1.165, 1.54) is 0 Å². The number of fused-ring (bicyclic) bond motifs is 1. The van der Waals surface area contributed by atoms with E-state index in [1.54, 1.807) is 47.0 Å². The molecule has 0 aliphatic rings. The first-order valence-corrected chi connectivity index (χ1v) is 11.8. The summed E-state index contributed by atoms with van der Waals surface area (Å²) in [6.45, 7) is 0.335. The maximum atomic E-state index is 13.1. The van der Waals surface area contributed by atoms with Gasteiger partial charge in [0.2, 0.25) is 5.91 Å². The van der Waals surface area contributed by atoms with Crippen LogP contribution < -0.4 is 16.4 Å². The van der Waals surface area contributed by atoms with Gasteiger partial charge in [0.25, 0.3) is 11.5 Å². The van der Waals surface area contributed by atoms with Crippen LogP contribution in [0.2, 0.25) is 0 Å². The molecule has 0 aliphatic heterocycles. The Morgan fingerprint density at radius 3 is 2.36 bits per heavy atom. The summed E-state index contributed by atoms with van der Waals surface area (Å²) in [5, 5.41) is 0.945. The summed E-state index contributed by atoms with van der Waals surface area (Å²) in [6, 6.07) is 23.5. The number of nitrogens with zero attached hydrogens (tertiary/aromatic N) is 2. The second-order valence-electron chi connectivity index (χ2n) is 7.09. The number of hydrogen-bond donors (Lipinski definition) is 2. The summed E-state index contributed by atoms with van der Waals surface area (Å²) >= 11 is 4.45. The van der Waals surface area contributed by atoms with Gasteiger partial charge in [-0.25, -0.2) is 4.98 Å². The molecule has 0 radical (unpaired) electrons. The van der Waals surface area contributed by atoms with E-state index in [0.717, 1.165) is 21.8 Å². The van der Waals surface area contributed by atoms with Gasteiger partial charge in [0.05, 0.1) is 23.2 Å². The first-order valence-electron chi connectivity index (χ1n) is 10.0. The number of thioether (sulfide) groups is 1. The topological polar surface area (TPSA) is 93.1 Å². The van der Waals surface area contributed by atoms with E-state index in [-0.39, 0.29) is 11.3 Å². The van der Waals surface area contributed by atoms with Crippen LogP contribution >= 0.6 is 27.7 Å². The van der Waals surface area contributed by atoms with E-state index in [9.17, 15) is 14.4 Å². The fraction of sp³-hybridized carbons (Fsp3) is 0.0833. The molecule has 1 heterocycles. The first kappa shape index (κ1) is 22.8. The highest BCUT2D eigenvalue weighted by Crippen LogP contribution is 2.19. The van der Waals surface area contributed by atoms with Gasteiger partial charge in [-0.2, -0.15) is 0 Å². The van der Waals surface area contributed by atoms with Gasteiger partial charge >= 0.3 is 0 Å². The van der Waals surface area contributed by atoms with Crippen molar-refractivity contribution in [2.24, 2.45) is 0 Å². The van der Waals surface area contributed by atoms with Crippen molar-refractivity contribution in [2.75, 3.05) is 5.75 Å². The third-order valence-electron chi connectivity index (χ3n) is 4.76. The monoisotopic (exact) mass is 522 g/mol. The van der Waals surface area contributed by atoms with Gasteiger partial charge < -0.3 is 0 Å². The van der Waals surface area contributed by atoms with E-state index in [2.05, 4.69) is 31.8 Å². The minimum absolute atomic E-state index is 0.0276. The molecule has 0 aliphatic carbocycles. The van der Waals surface area contributed by atoms with Gasteiger partial charge in [0.15, 0.2) is 5.16 Å². The SMILES string of the molecule is O=C(CSc1nc2ccccc2c(=O)n1Cc1ccccc1)NNC(=O)c1ccc(Br)cc1. The average molecular weight is 523 g/mol. The number of aromatic nitrogens is 2. The molecule has 2 amide bonds. The fourth-order valence-corrected chi connectivity index (χ4v) is 4.19. The number of amides is 2. The molecule has 0 fully saturated rings. The molecule has 4 aromatic rings. The van der Waals surface area contributed by atoms with Gasteiger partial charge in [-0.3, -0.25) is 29.8 Å². The number of nitrogens with one attached hydrogen (secondary N) is 2. The molecule has 0 spiro atoms. The molecule has 0 unspecified atom stereocenters. The van der Waals surface area contributed by atoms with Crippen LogP contribution in [0.25, 0.3) is 10.9 Å². The number of para-hydroxylation sites is 1. The molecule has 4 rings (SSSR count). The molecule has 3 aromatic carbocycles. The van der Waals surface area contributed by atoms with Gasteiger partial charge in [0, 0.05) is 10.0 Å². The number of hydrazine groups is 1. The Labute approximate surface area is 202 Å². The van der Waals surface area contributed by atoms with Crippen LogP contribution in [0, 0.1) is 0 Å². The van der Waals surface area contributed by atoms with E-state index in [0.29, 0.717) is 28.2 Å². The molecule has 2 N–H and O–H groups in total.